The van der Waals surface area contributed by atoms with E-state index in [1.54, 1.807) is 0 Å². The Kier molecular flexibility index (Phi) is 5.17. The number of esters is 1. The molecule has 1 aromatic rings. The van der Waals surface area contributed by atoms with Crippen molar-refractivity contribution in [2.24, 2.45) is 5.92 Å². The minimum atomic E-state index is -0.0879. The van der Waals surface area contributed by atoms with E-state index in [0.29, 0.717) is 6.04 Å². The fourth-order valence-corrected chi connectivity index (χ4v) is 2.89. The van der Waals surface area contributed by atoms with Gasteiger partial charge in [-0.05, 0) is 31.9 Å². The Morgan fingerprint density at radius 2 is 2.25 bits per heavy atom. The molecule has 2 heterocycles. The largest absolute Gasteiger partial charge is 0.469 e. The summed E-state index contributed by atoms with van der Waals surface area (Å²) in [4.78, 5) is 13.8. The van der Waals surface area contributed by atoms with E-state index < -0.39 is 0 Å². The van der Waals surface area contributed by atoms with E-state index in [-0.39, 0.29) is 11.9 Å². The highest BCUT2D eigenvalue weighted by Crippen LogP contribution is 2.20. The topological polar surface area (TPSA) is 47.4 Å². The van der Waals surface area contributed by atoms with Crippen molar-refractivity contribution >= 4 is 5.97 Å². The lowest BCUT2D eigenvalue weighted by Gasteiger charge is -2.15. The lowest BCUT2D eigenvalue weighted by molar-refractivity contribution is -0.144. The molecule has 1 aliphatic rings. The van der Waals surface area contributed by atoms with Crippen LogP contribution in [0.15, 0.2) is 12.3 Å². The highest BCUT2D eigenvalue weighted by Gasteiger charge is 2.29. The van der Waals surface area contributed by atoms with Gasteiger partial charge >= 0.3 is 5.97 Å². The smallest absolute Gasteiger partial charge is 0.310 e. The van der Waals surface area contributed by atoms with E-state index in [9.17, 15) is 4.79 Å². The molecule has 1 saturated heterocycles. The van der Waals surface area contributed by atoms with Gasteiger partial charge in [0.05, 0.1) is 24.8 Å². The van der Waals surface area contributed by atoms with Crippen molar-refractivity contribution in [3.63, 3.8) is 0 Å². The van der Waals surface area contributed by atoms with Crippen LogP contribution in [0.4, 0.5) is 0 Å². The molecule has 112 valence electrons. The van der Waals surface area contributed by atoms with Crippen LogP contribution in [0.25, 0.3) is 0 Å². The van der Waals surface area contributed by atoms with Crippen LogP contribution < -0.4 is 0 Å². The summed E-state index contributed by atoms with van der Waals surface area (Å²) in [6.45, 7) is 6.93. The first-order valence-corrected chi connectivity index (χ1v) is 7.52. The molecular formula is C15H25N3O2. The first kappa shape index (κ1) is 15.0. The molecule has 0 aliphatic carbocycles. The van der Waals surface area contributed by atoms with Crippen molar-refractivity contribution in [1.29, 1.82) is 0 Å². The molecule has 0 radical (unpaired) electrons. The number of methoxy groups -OCH3 is 1. The lowest BCUT2D eigenvalue weighted by Crippen LogP contribution is -2.24. The van der Waals surface area contributed by atoms with Crippen LogP contribution in [-0.2, 0) is 16.1 Å². The number of ether oxygens (including phenoxy) is 1. The fraction of sp³-hybridized carbons (Fsp3) is 0.733. The molecule has 1 aromatic heterocycles. The number of carbonyl (C=O) groups is 1. The van der Waals surface area contributed by atoms with Crippen molar-refractivity contribution in [1.82, 2.24) is 14.7 Å². The van der Waals surface area contributed by atoms with Crippen LogP contribution in [0.2, 0.25) is 0 Å². The summed E-state index contributed by atoms with van der Waals surface area (Å²) < 4.78 is 6.88. The van der Waals surface area contributed by atoms with Crippen LogP contribution in [0.1, 0.15) is 44.8 Å². The number of aromatic nitrogens is 2. The van der Waals surface area contributed by atoms with Gasteiger partial charge in [0.1, 0.15) is 0 Å². The van der Waals surface area contributed by atoms with Gasteiger partial charge in [0.2, 0.25) is 0 Å². The second kappa shape index (κ2) is 6.88. The molecule has 0 bridgehead atoms. The molecule has 0 N–H and O–H groups in total. The molecule has 0 aromatic carbocycles. The third-order valence-electron chi connectivity index (χ3n) is 4.17. The number of rotatable bonds is 6. The summed E-state index contributed by atoms with van der Waals surface area (Å²) in [5.74, 6) is -0.0591. The van der Waals surface area contributed by atoms with Crippen molar-refractivity contribution < 1.29 is 9.53 Å². The van der Waals surface area contributed by atoms with Crippen LogP contribution in [0, 0.1) is 5.92 Å². The SMILES string of the molecule is CCC(CC)n1ccc(CN2CCC(C(=O)OC)C2)n1. The zero-order valence-electron chi connectivity index (χ0n) is 12.7. The average molecular weight is 279 g/mol. The monoisotopic (exact) mass is 279 g/mol. The van der Waals surface area contributed by atoms with Gasteiger partial charge in [0.15, 0.2) is 0 Å². The van der Waals surface area contributed by atoms with Gasteiger partial charge in [-0.1, -0.05) is 13.8 Å². The maximum atomic E-state index is 11.5. The van der Waals surface area contributed by atoms with Gasteiger partial charge in [-0.3, -0.25) is 14.4 Å². The second-order valence-corrected chi connectivity index (χ2v) is 5.50. The van der Waals surface area contributed by atoms with E-state index in [4.69, 9.17) is 4.74 Å². The van der Waals surface area contributed by atoms with Crippen molar-refractivity contribution in [2.75, 3.05) is 20.2 Å². The first-order valence-electron chi connectivity index (χ1n) is 7.52. The second-order valence-electron chi connectivity index (χ2n) is 5.50. The predicted molar refractivity (Wildman–Crippen MR) is 77.2 cm³/mol. The Hall–Kier alpha value is -1.36. The van der Waals surface area contributed by atoms with Crippen LogP contribution in [0.3, 0.4) is 0 Å². The van der Waals surface area contributed by atoms with Crippen molar-refractivity contribution in [3.8, 4) is 0 Å². The minimum Gasteiger partial charge on any atom is -0.469 e. The standard InChI is InChI=1S/C15H25N3O2/c1-4-14(5-2)18-9-7-13(16-18)11-17-8-6-12(10-17)15(19)20-3/h7,9,12,14H,4-6,8,10-11H2,1-3H3. The molecule has 5 heteroatoms. The molecule has 0 saturated carbocycles. The molecule has 20 heavy (non-hydrogen) atoms. The fourth-order valence-electron chi connectivity index (χ4n) is 2.89. The zero-order valence-corrected chi connectivity index (χ0v) is 12.7. The van der Waals surface area contributed by atoms with Crippen LogP contribution in [0.5, 0.6) is 0 Å². The van der Waals surface area contributed by atoms with E-state index in [1.807, 2.05) is 0 Å². The normalized spacial score (nSPS) is 19.7. The molecule has 2 rings (SSSR count). The molecule has 1 unspecified atom stereocenters. The van der Waals surface area contributed by atoms with E-state index in [1.165, 1.54) is 7.11 Å². The van der Waals surface area contributed by atoms with Gasteiger partial charge in [-0.25, -0.2) is 0 Å². The molecule has 1 atom stereocenters. The van der Waals surface area contributed by atoms with E-state index in [0.717, 1.165) is 44.6 Å². The third kappa shape index (κ3) is 3.39. The van der Waals surface area contributed by atoms with Gasteiger partial charge in [0.25, 0.3) is 0 Å². The van der Waals surface area contributed by atoms with Crippen LogP contribution >= 0.6 is 0 Å². The predicted octanol–water partition coefficient (Wildman–Crippen LogP) is 2.24. The highest BCUT2D eigenvalue weighted by atomic mass is 16.5. The van der Waals surface area contributed by atoms with Gasteiger partial charge in [0, 0.05) is 19.3 Å². The van der Waals surface area contributed by atoms with E-state index >= 15 is 0 Å². The summed E-state index contributed by atoms with van der Waals surface area (Å²) in [5.41, 5.74) is 1.09. The van der Waals surface area contributed by atoms with Gasteiger partial charge in [-0.2, -0.15) is 5.10 Å². The summed E-state index contributed by atoms with van der Waals surface area (Å²) in [7, 11) is 1.46. The Morgan fingerprint density at radius 3 is 2.90 bits per heavy atom. The van der Waals surface area contributed by atoms with Gasteiger partial charge < -0.3 is 4.74 Å². The molecule has 0 amide bonds. The Bertz CT molecular complexity index is 440. The number of hydrogen-bond donors (Lipinski definition) is 0. The summed E-state index contributed by atoms with van der Waals surface area (Å²) >= 11 is 0. The minimum absolute atomic E-state index is 0.0288. The summed E-state index contributed by atoms with van der Waals surface area (Å²) in [6, 6.07) is 2.58. The lowest BCUT2D eigenvalue weighted by atomic mass is 10.1. The molecule has 1 fully saturated rings. The molecule has 1 aliphatic heterocycles. The Labute approximate surface area is 120 Å². The highest BCUT2D eigenvalue weighted by molar-refractivity contribution is 5.72. The number of hydrogen-bond acceptors (Lipinski definition) is 4. The first-order chi connectivity index (χ1) is 9.67. The number of nitrogens with zero attached hydrogens (tertiary/aromatic N) is 3. The maximum Gasteiger partial charge on any atom is 0.310 e. The Balaban J connectivity index is 1.90. The third-order valence-corrected chi connectivity index (χ3v) is 4.17. The Morgan fingerprint density at radius 1 is 1.50 bits per heavy atom. The van der Waals surface area contributed by atoms with Gasteiger partial charge in [-0.15, -0.1) is 0 Å². The molecule has 0 spiro atoms. The number of carbonyl (C=O) groups excluding carboxylic acids is 1. The van der Waals surface area contributed by atoms with Crippen molar-refractivity contribution in [3.05, 3.63) is 18.0 Å². The maximum absolute atomic E-state index is 11.5. The quantitative estimate of drug-likeness (QED) is 0.749. The summed E-state index contributed by atoms with van der Waals surface area (Å²) in [6.07, 6.45) is 5.16. The van der Waals surface area contributed by atoms with Crippen LogP contribution in [-0.4, -0.2) is 40.8 Å². The average Bonchev–Trinajstić information content (AvgIpc) is 3.10. The van der Waals surface area contributed by atoms with E-state index in [2.05, 4.69) is 40.8 Å². The number of likely N-dealkylation sites (tertiary alicyclic amines) is 1. The van der Waals surface area contributed by atoms with Crippen molar-refractivity contribution in [2.45, 2.75) is 45.7 Å². The molecule has 5 nitrogen and oxygen atoms in total. The summed E-state index contributed by atoms with van der Waals surface area (Å²) in [5, 5.41) is 4.66. The zero-order chi connectivity index (χ0) is 14.5. The molecular weight excluding hydrogens is 254 g/mol.